The third kappa shape index (κ3) is 5.35. The largest absolute Gasteiger partial charge is 0.489 e. The second-order valence-corrected chi connectivity index (χ2v) is 7.48. The van der Waals surface area contributed by atoms with Gasteiger partial charge >= 0.3 is 0 Å². The number of nitrogens with one attached hydrogen (secondary N) is 1. The van der Waals surface area contributed by atoms with Crippen molar-refractivity contribution in [3.63, 3.8) is 0 Å². The molecule has 0 aromatic heterocycles. The van der Waals surface area contributed by atoms with Gasteiger partial charge in [0, 0.05) is 6.92 Å². The van der Waals surface area contributed by atoms with E-state index >= 15 is 0 Å². The van der Waals surface area contributed by atoms with E-state index in [9.17, 15) is 9.59 Å². The van der Waals surface area contributed by atoms with Crippen molar-refractivity contribution < 1.29 is 14.3 Å². The first-order valence-corrected chi connectivity index (χ1v) is 9.63. The number of para-hydroxylation sites is 3. The molecular formula is C23H30N2O3. The van der Waals surface area contributed by atoms with E-state index < -0.39 is 0 Å². The Morgan fingerprint density at radius 2 is 1.71 bits per heavy atom. The van der Waals surface area contributed by atoms with Crippen molar-refractivity contribution in [2.75, 3.05) is 16.8 Å². The monoisotopic (exact) mass is 382 g/mol. The molecular weight excluding hydrogens is 352 g/mol. The van der Waals surface area contributed by atoms with Crippen LogP contribution in [0.25, 0.3) is 0 Å². The van der Waals surface area contributed by atoms with Crippen molar-refractivity contribution in [3.8, 4) is 5.75 Å². The normalized spacial score (nSPS) is 10.9. The van der Waals surface area contributed by atoms with E-state index in [0.29, 0.717) is 11.4 Å². The Kier molecular flexibility index (Phi) is 7.21. The van der Waals surface area contributed by atoms with Crippen molar-refractivity contribution >= 4 is 23.2 Å². The molecule has 2 aromatic carbocycles. The first-order chi connectivity index (χ1) is 13.2. The lowest BCUT2D eigenvalue weighted by Crippen LogP contribution is -2.38. The summed E-state index contributed by atoms with van der Waals surface area (Å²) in [5.74, 6) is 0.407. The van der Waals surface area contributed by atoms with Gasteiger partial charge in [0.1, 0.15) is 12.3 Å². The minimum Gasteiger partial charge on any atom is -0.489 e. The van der Waals surface area contributed by atoms with E-state index in [1.807, 2.05) is 57.2 Å². The van der Waals surface area contributed by atoms with E-state index in [1.54, 1.807) is 11.0 Å². The Balaban J connectivity index is 2.28. The Hall–Kier alpha value is -2.82. The van der Waals surface area contributed by atoms with Crippen LogP contribution >= 0.6 is 0 Å². The van der Waals surface area contributed by atoms with Crippen molar-refractivity contribution in [1.82, 2.24) is 0 Å². The summed E-state index contributed by atoms with van der Waals surface area (Å²) < 4.78 is 5.76. The van der Waals surface area contributed by atoms with Crippen LogP contribution < -0.4 is 15.0 Å². The lowest BCUT2D eigenvalue weighted by Gasteiger charge is -2.27. The van der Waals surface area contributed by atoms with Gasteiger partial charge in [0.2, 0.25) is 11.8 Å². The number of rotatable bonds is 7. The highest BCUT2D eigenvalue weighted by molar-refractivity contribution is 6.03. The smallest absolute Gasteiger partial charge is 0.244 e. The molecule has 2 aromatic rings. The molecule has 150 valence electrons. The first kappa shape index (κ1) is 21.5. The number of hydrogen-bond donors (Lipinski definition) is 1. The van der Waals surface area contributed by atoms with E-state index in [1.165, 1.54) is 6.92 Å². The third-order valence-electron chi connectivity index (χ3n) is 4.37. The molecule has 28 heavy (non-hydrogen) atoms. The van der Waals surface area contributed by atoms with E-state index in [0.717, 1.165) is 16.8 Å². The molecule has 0 fully saturated rings. The molecule has 0 bridgehead atoms. The molecule has 0 saturated carbocycles. The number of carbonyl (C=O) groups is 2. The fraction of sp³-hybridized carbons (Fsp3) is 0.391. The predicted octanol–water partition coefficient (Wildman–Crippen LogP) is 4.90. The maximum Gasteiger partial charge on any atom is 0.244 e. The number of anilines is 2. The van der Waals surface area contributed by atoms with Gasteiger partial charge in [0.25, 0.3) is 0 Å². The molecule has 0 spiro atoms. The number of ether oxygens (including phenoxy) is 1. The Labute approximate surface area is 167 Å². The van der Waals surface area contributed by atoms with Gasteiger partial charge in [0.05, 0.1) is 17.5 Å². The van der Waals surface area contributed by atoms with Crippen molar-refractivity contribution in [1.29, 1.82) is 0 Å². The van der Waals surface area contributed by atoms with Crippen LogP contribution in [0.3, 0.4) is 0 Å². The van der Waals surface area contributed by atoms with Crippen LogP contribution in [0, 0.1) is 6.92 Å². The minimum atomic E-state index is -0.270. The molecule has 2 rings (SSSR count). The lowest BCUT2D eigenvalue weighted by molar-refractivity contribution is -0.120. The van der Waals surface area contributed by atoms with Gasteiger partial charge in [0.15, 0.2) is 0 Å². The van der Waals surface area contributed by atoms with Crippen LogP contribution in [0.1, 0.15) is 51.7 Å². The Morgan fingerprint density at radius 3 is 2.32 bits per heavy atom. The molecule has 5 nitrogen and oxygen atoms in total. The first-order valence-electron chi connectivity index (χ1n) is 9.63. The molecule has 0 aliphatic heterocycles. The highest BCUT2D eigenvalue weighted by Crippen LogP contribution is 2.31. The lowest BCUT2D eigenvalue weighted by atomic mass is 9.97. The Bertz CT molecular complexity index is 843. The molecule has 0 saturated heterocycles. The van der Waals surface area contributed by atoms with Gasteiger partial charge in [-0.2, -0.15) is 0 Å². The number of carbonyl (C=O) groups excluding carboxylic acids is 2. The molecule has 2 amide bonds. The second-order valence-electron chi connectivity index (χ2n) is 7.48. The summed E-state index contributed by atoms with van der Waals surface area (Å²) in [5.41, 5.74) is 3.43. The zero-order chi connectivity index (χ0) is 20.8. The second kappa shape index (κ2) is 9.40. The number of benzene rings is 2. The molecule has 0 aliphatic rings. The molecule has 0 atom stereocenters. The van der Waals surface area contributed by atoms with Crippen LogP contribution in [0.15, 0.2) is 42.5 Å². The summed E-state index contributed by atoms with van der Waals surface area (Å²) in [5, 5.41) is 2.88. The van der Waals surface area contributed by atoms with Crippen LogP contribution in [0.4, 0.5) is 11.4 Å². The topological polar surface area (TPSA) is 58.6 Å². The summed E-state index contributed by atoms with van der Waals surface area (Å²) in [6.45, 7) is 11.4. The van der Waals surface area contributed by atoms with Gasteiger partial charge in [-0.3, -0.25) is 9.59 Å². The molecule has 0 heterocycles. The molecule has 0 aliphatic carbocycles. The van der Waals surface area contributed by atoms with Gasteiger partial charge in [-0.15, -0.1) is 0 Å². The predicted molar refractivity (Wildman–Crippen MR) is 114 cm³/mol. The molecule has 5 heteroatoms. The van der Waals surface area contributed by atoms with Gasteiger partial charge in [-0.25, -0.2) is 0 Å². The fourth-order valence-corrected chi connectivity index (χ4v) is 3.12. The molecule has 0 radical (unpaired) electrons. The van der Waals surface area contributed by atoms with Crippen LogP contribution in [0.5, 0.6) is 5.75 Å². The van der Waals surface area contributed by atoms with Crippen molar-refractivity contribution in [2.45, 2.75) is 53.6 Å². The quantitative estimate of drug-likeness (QED) is 0.741. The van der Waals surface area contributed by atoms with Gasteiger partial charge in [-0.1, -0.05) is 44.2 Å². The number of amides is 2. The van der Waals surface area contributed by atoms with E-state index in [-0.39, 0.29) is 30.4 Å². The number of hydrogen-bond acceptors (Lipinski definition) is 3. The number of aryl methyl sites for hydroxylation is 1. The molecule has 1 N–H and O–H groups in total. The highest BCUT2D eigenvalue weighted by Gasteiger charge is 2.22. The van der Waals surface area contributed by atoms with Crippen LogP contribution in [-0.4, -0.2) is 24.5 Å². The summed E-state index contributed by atoms with van der Waals surface area (Å²) in [6, 6.07) is 13.2. The summed E-state index contributed by atoms with van der Waals surface area (Å²) >= 11 is 0. The minimum absolute atomic E-state index is 0.00709. The van der Waals surface area contributed by atoms with Crippen molar-refractivity contribution in [2.24, 2.45) is 0 Å². The maximum atomic E-state index is 12.8. The third-order valence-corrected chi connectivity index (χ3v) is 4.37. The highest BCUT2D eigenvalue weighted by atomic mass is 16.5. The average molecular weight is 383 g/mol. The number of nitrogens with zero attached hydrogens (tertiary/aromatic N) is 1. The zero-order valence-corrected chi connectivity index (χ0v) is 17.6. The van der Waals surface area contributed by atoms with Crippen LogP contribution in [0.2, 0.25) is 0 Å². The zero-order valence-electron chi connectivity index (χ0n) is 17.6. The standard InChI is InChI=1S/C23H30N2O3/c1-15(2)19-11-9-10-17(5)23(19)25(18(6)26)14-22(27)24-20-12-7-8-13-21(20)28-16(3)4/h7-13,15-16H,14H2,1-6H3,(H,24,27). The van der Waals surface area contributed by atoms with Crippen LogP contribution in [-0.2, 0) is 9.59 Å². The van der Waals surface area contributed by atoms with Gasteiger partial charge in [-0.05, 0) is 49.9 Å². The Morgan fingerprint density at radius 1 is 1.04 bits per heavy atom. The van der Waals surface area contributed by atoms with Crippen molar-refractivity contribution in [3.05, 3.63) is 53.6 Å². The average Bonchev–Trinajstić information content (AvgIpc) is 2.60. The SMILES string of the molecule is CC(=O)N(CC(=O)Nc1ccccc1OC(C)C)c1c(C)cccc1C(C)C. The van der Waals surface area contributed by atoms with Gasteiger partial charge < -0.3 is 15.0 Å². The maximum absolute atomic E-state index is 12.8. The molecule has 0 unspecified atom stereocenters. The summed E-state index contributed by atoms with van der Waals surface area (Å²) in [4.78, 5) is 26.7. The summed E-state index contributed by atoms with van der Waals surface area (Å²) in [7, 11) is 0. The summed E-state index contributed by atoms with van der Waals surface area (Å²) in [6.07, 6.45) is -0.00709. The fourth-order valence-electron chi connectivity index (χ4n) is 3.12. The van der Waals surface area contributed by atoms with E-state index in [2.05, 4.69) is 19.2 Å². The van der Waals surface area contributed by atoms with E-state index in [4.69, 9.17) is 4.74 Å².